The number of carbonyl (C=O) groups is 1. The van der Waals surface area contributed by atoms with Crippen LogP contribution in [0.25, 0.3) is 0 Å². The second-order valence-corrected chi connectivity index (χ2v) is 8.32. The van der Waals surface area contributed by atoms with Crippen LogP contribution >= 0.6 is 11.6 Å². The van der Waals surface area contributed by atoms with E-state index in [1.54, 1.807) is 17.2 Å². The molecular formula is C21H25ClN4O. The fourth-order valence-corrected chi connectivity index (χ4v) is 4.72. The van der Waals surface area contributed by atoms with Crippen LogP contribution < -0.4 is 10.2 Å². The van der Waals surface area contributed by atoms with Crippen molar-refractivity contribution in [1.29, 1.82) is 0 Å². The Morgan fingerprint density at radius 1 is 1.07 bits per heavy atom. The quantitative estimate of drug-likeness (QED) is 0.812. The standard InChI is InChI=1S/C21H25ClN4O/c1-25(2)21(16-6-4-3-5-7-16)12-10-20(11-13-21)15-26(19(27)24-20)17-8-9-18(22)23-14-17/h3-9,14H,10-13,15H2,1-2H3,(H,24,27)/t20-,21-. The van der Waals surface area contributed by atoms with Crippen LogP contribution in [0.4, 0.5) is 10.5 Å². The summed E-state index contributed by atoms with van der Waals surface area (Å²) in [6.45, 7) is 0.674. The van der Waals surface area contributed by atoms with Crippen LogP contribution in [-0.2, 0) is 5.54 Å². The maximum Gasteiger partial charge on any atom is 0.322 e. The second kappa shape index (κ2) is 6.80. The molecule has 2 aromatic rings. The molecule has 142 valence electrons. The van der Waals surface area contributed by atoms with Gasteiger partial charge in [0.25, 0.3) is 0 Å². The SMILES string of the molecule is CN(C)[C@]1(c2ccccc2)CC[C@@]2(CC1)CN(c1ccc(Cl)nc1)C(=O)N2. The highest BCUT2D eigenvalue weighted by atomic mass is 35.5. The third-order valence-electron chi connectivity index (χ3n) is 6.30. The van der Waals surface area contributed by atoms with Gasteiger partial charge in [0.05, 0.1) is 24.0 Å². The zero-order chi connectivity index (χ0) is 19.1. The molecule has 0 bridgehead atoms. The number of halogens is 1. The third-order valence-corrected chi connectivity index (χ3v) is 6.53. The Morgan fingerprint density at radius 3 is 2.37 bits per heavy atom. The largest absolute Gasteiger partial charge is 0.330 e. The summed E-state index contributed by atoms with van der Waals surface area (Å²) in [4.78, 5) is 20.9. The minimum atomic E-state index is -0.176. The van der Waals surface area contributed by atoms with E-state index in [1.807, 2.05) is 6.07 Å². The Bertz CT molecular complexity index is 814. The lowest BCUT2D eigenvalue weighted by atomic mass is 9.69. The number of pyridine rings is 1. The average Bonchev–Trinajstić information content (AvgIpc) is 3.00. The van der Waals surface area contributed by atoms with Crippen molar-refractivity contribution in [2.75, 3.05) is 25.5 Å². The van der Waals surface area contributed by atoms with Gasteiger partial charge in [-0.3, -0.25) is 9.80 Å². The number of nitrogens with one attached hydrogen (secondary N) is 1. The van der Waals surface area contributed by atoms with Crippen LogP contribution in [0.5, 0.6) is 0 Å². The number of hydrogen-bond donors (Lipinski definition) is 1. The van der Waals surface area contributed by atoms with Gasteiger partial charge in [0.2, 0.25) is 0 Å². The molecule has 0 atom stereocenters. The monoisotopic (exact) mass is 384 g/mol. The Balaban J connectivity index is 1.54. The van der Waals surface area contributed by atoms with Gasteiger partial charge in [-0.25, -0.2) is 9.78 Å². The topological polar surface area (TPSA) is 48.5 Å². The van der Waals surface area contributed by atoms with E-state index >= 15 is 0 Å². The summed E-state index contributed by atoms with van der Waals surface area (Å²) in [5.74, 6) is 0. The van der Waals surface area contributed by atoms with Gasteiger partial charge in [0, 0.05) is 5.54 Å². The van der Waals surface area contributed by atoms with E-state index < -0.39 is 0 Å². The summed E-state index contributed by atoms with van der Waals surface area (Å²) in [5.41, 5.74) is 1.99. The summed E-state index contributed by atoms with van der Waals surface area (Å²) >= 11 is 5.88. The van der Waals surface area contributed by atoms with E-state index in [4.69, 9.17) is 11.6 Å². The molecule has 2 fully saturated rings. The predicted molar refractivity (Wildman–Crippen MR) is 108 cm³/mol. The number of carbonyl (C=O) groups excluding carboxylic acids is 1. The minimum absolute atomic E-state index is 0.0203. The number of nitrogens with zero attached hydrogens (tertiary/aromatic N) is 3. The van der Waals surface area contributed by atoms with Crippen molar-refractivity contribution in [1.82, 2.24) is 15.2 Å². The van der Waals surface area contributed by atoms with Crippen LogP contribution in [0, 0.1) is 0 Å². The van der Waals surface area contributed by atoms with Gasteiger partial charge in [0.1, 0.15) is 5.15 Å². The van der Waals surface area contributed by atoms with Crippen molar-refractivity contribution < 1.29 is 4.79 Å². The van der Waals surface area contributed by atoms with E-state index in [1.165, 1.54) is 5.56 Å². The second-order valence-electron chi connectivity index (χ2n) is 7.93. The minimum Gasteiger partial charge on any atom is -0.330 e. The molecule has 1 saturated carbocycles. The van der Waals surface area contributed by atoms with Crippen LogP contribution in [0.15, 0.2) is 48.7 Å². The molecule has 0 radical (unpaired) electrons. The zero-order valence-corrected chi connectivity index (χ0v) is 16.5. The molecule has 0 unspecified atom stereocenters. The Kier molecular flexibility index (Phi) is 4.60. The molecular weight excluding hydrogens is 360 g/mol. The number of rotatable bonds is 3. The molecule has 2 amide bonds. The van der Waals surface area contributed by atoms with E-state index in [0.29, 0.717) is 11.7 Å². The van der Waals surface area contributed by atoms with Gasteiger partial charge in [-0.05, 0) is 57.5 Å². The fourth-order valence-electron chi connectivity index (χ4n) is 4.61. The predicted octanol–water partition coefficient (Wildman–Crippen LogP) is 4.03. The molecule has 1 aromatic heterocycles. The van der Waals surface area contributed by atoms with Gasteiger partial charge in [-0.2, -0.15) is 0 Å². The number of benzene rings is 1. The molecule has 1 saturated heterocycles. The summed E-state index contributed by atoms with van der Waals surface area (Å²) in [6, 6.07) is 14.2. The first-order valence-corrected chi connectivity index (χ1v) is 9.76. The lowest BCUT2D eigenvalue weighted by molar-refractivity contribution is 0.0658. The van der Waals surface area contributed by atoms with Crippen molar-refractivity contribution in [2.45, 2.75) is 36.8 Å². The number of hydrogen-bond acceptors (Lipinski definition) is 3. The Hall–Kier alpha value is -2.11. The summed E-state index contributed by atoms with van der Waals surface area (Å²) in [6.07, 6.45) is 5.58. The van der Waals surface area contributed by atoms with Crippen LogP contribution in [0.3, 0.4) is 0 Å². The van der Waals surface area contributed by atoms with Gasteiger partial charge < -0.3 is 5.32 Å². The smallest absolute Gasteiger partial charge is 0.322 e. The summed E-state index contributed by atoms with van der Waals surface area (Å²) < 4.78 is 0. The summed E-state index contributed by atoms with van der Waals surface area (Å²) in [5, 5.41) is 3.70. The van der Waals surface area contributed by atoms with Crippen molar-refractivity contribution in [2.24, 2.45) is 0 Å². The van der Waals surface area contributed by atoms with E-state index in [0.717, 1.165) is 31.4 Å². The molecule has 4 rings (SSSR count). The first-order chi connectivity index (χ1) is 12.9. The van der Waals surface area contributed by atoms with Crippen molar-refractivity contribution >= 4 is 23.3 Å². The molecule has 1 N–H and O–H groups in total. The van der Waals surface area contributed by atoms with Crippen molar-refractivity contribution in [3.8, 4) is 0 Å². The molecule has 2 heterocycles. The maximum atomic E-state index is 12.6. The first-order valence-electron chi connectivity index (χ1n) is 9.38. The molecule has 1 spiro atoms. The van der Waals surface area contributed by atoms with Crippen LogP contribution in [-0.4, -0.2) is 42.1 Å². The van der Waals surface area contributed by atoms with E-state index in [-0.39, 0.29) is 17.1 Å². The Labute approximate surface area is 165 Å². The lowest BCUT2D eigenvalue weighted by Crippen LogP contribution is -2.54. The Morgan fingerprint density at radius 2 is 1.78 bits per heavy atom. The van der Waals surface area contributed by atoms with Gasteiger partial charge in [-0.1, -0.05) is 41.9 Å². The zero-order valence-electron chi connectivity index (χ0n) is 15.8. The van der Waals surface area contributed by atoms with Crippen LogP contribution in [0.2, 0.25) is 5.15 Å². The van der Waals surface area contributed by atoms with Crippen LogP contribution in [0.1, 0.15) is 31.2 Å². The molecule has 1 aliphatic heterocycles. The highest BCUT2D eigenvalue weighted by molar-refractivity contribution is 6.29. The number of anilines is 1. The van der Waals surface area contributed by atoms with Crippen molar-refractivity contribution in [3.05, 3.63) is 59.4 Å². The van der Waals surface area contributed by atoms with Crippen molar-refractivity contribution in [3.63, 3.8) is 0 Å². The number of aromatic nitrogens is 1. The molecule has 6 heteroatoms. The average molecular weight is 385 g/mol. The van der Waals surface area contributed by atoms with Gasteiger partial charge in [0.15, 0.2) is 0 Å². The number of amides is 2. The highest BCUT2D eigenvalue weighted by Crippen LogP contribution is 2.46. The van der Waals surface area contributed by atoms with E-state index in [2.05, 4.69) is 59.6 Å². The molecule has 2 aliphatic rings. The number of urea groups is 1. The molecule has 1 aromatic carbocycles. The summed E-state index contributed by atoms with van der Waals surface area (Å²) in [7, 11) is 4.31. The highest BCUT2D eigenvalue weighted by Gasteiger charge is 2.50. The molecule has 1 aliphatic carbocycles. The third kappa shape index (κ3) is 3.19. The maximum absolute atomic E-state index is 12.6. The fraction of sp³-hybridized carbons (Fsp3) is 0.429. The van der Waals surface area contributed by atoms with E-state index in [9.17, 15) is 4.79 Å². The molecule has 5 nitrogen and oxygen atoms in total. The molecule has 27 heavy (non-hydrogen) atoms. The normalized spacial score (nSPS) is 28.0. The lowest BCUT2D eigenvalue weighted by Gasteiger charge is -2.48. The van der Waals surface area contributed by atoms with Gasteiger partial charge in [-0.15, -0.1) is 0 Å². The van der Waals surface area contributed by atoms with Gasteiger partial charge >= 0.3 is 6.03 Å². The first kappa shape index (κ1) is 18.3.